The highest BCUT2D eigenvalue weighted by atomic mass is 15.3. The molecule has 3 fully saturated rings. The molecule has 2 heterocycles. The predicted octanol–water partition coefficient (Wildman–Crippen LogP) is 2.57. The topological polar surface area (TPSA) is 18.5 Å². The van der Waals surface area contributed by atoms with Crippen LogP contribution in [0.4, 0.5) is 0 Å². The van der Waals surface area contributed by atoms with Crippen LogP contribution in [-0.4, -0.2) is 60.1 Å². The summed E-state index contributed by atoms with van der Waals surface area (Å²) in [4.78, 5) is 5.44. The van der Waals surface area contributed by atoms with E-state index in [9.17, 15) is 0 Å². The van der Waals surface area contributed by atoms with E-state index < -0.39 is 0 Å². The fourth-order valence-electron chi connectivity index (χ4n) is 4.59. The second-order valence-corrected chi connectivity index (χ2v) is 8.56. The lowest BCUT2D eigenvalue weighted by atomic mass is 9.85. The van der Waals surface area contributed by atoms with Gasteiger partial charge in [0.1, 0.15) is 0 Å². The van der Waals surface area contributed by atoms with Gasteiger partial charge in [0.05, 0.1) is 0 Å². The Morgan fingerprint density at radius 1 is 1.19 bits per heavy atom. The van der Waals surface area contributed by atoms with Crippen LogP contribution in [0, 0.1) is 11.8 Å². The first-order valence-corrected chi connectivity index (χ1v) is 9.11. The van der Waals surface area contributed by atoms with Crippen LogP contribution in [0.5, 0.6) is 0 Å². The van der Waals surface area contributed by atoms with Gasteiger partial charge in [-0.15, -0.1) is 0 Å². The van der Waals surface area contributed by atoms with E-state index in [0.29, 0.717) is 5.54 Å². The van der Waals surface area contributed by atoms with Gasteiger partial charge in [0.15, 0.2) is 0 Å². The maximum Gasteiger partial charge on any atom is 0.0309 e. The minimum Gasteiger partial charge on any atom is -0.308 e. The highest BCUT2D eigenvalue weighted by molar-refractivity contribution is 5.06. The van der Waals surface area contributed by atoms with Crippen LogP contribution in [-0.2, 0) is 0 Å². The van der Waals surface area contributed by atoms with Gasteiger partial charge < -0.3 is 10.2 Å². The SMILES string of the molecule is CC(C)C1CNC(C)(C2CC2)CN1C1CCN(C)C(C)C1. The Hall–Kier alpha value is -0.120. The largest absolute Gasteiger partial charge is 0.308 e. The van der Waals surface area contributed by atoms with Crippen molar-refractivity contribution >= 4 is 0 Å². The molecular weight excluding hydrogens is 258 g/mol. The normalized spacial score (nSPS) is 43.4. The lowest BCUT2D eigenvalue weighted by Crippen LogP contribution is -2.68. The summed E-state index contributed by atoms with van der Waals surface area (Å²) in [5, 5.41) is 3.93. The molecule has 3 aliphatic rings. The zero-order valence-corrected chi connectivity index (χ0v) is 14.7. The Morgan fingerprint density at radius 3 is 2.48 bits per heavy atom. The van der Waals surface area contributed by atoms with Crippen LogP contribution >= 0.6 is 0 Å². The van der Waals surface area contributed by atoms with E-state index in [0.717, 1.165) is 30.0 Å². The molecule has 0 radical (unpaired) electrons. The second kappa shape index (κ2) is 5.82. The molecule has 122 valence electrons. The Morgan fingerprint density at radius 2 is 1.90 bits per heavy atom. The number of rotatable bonds is 3. The van der Waals surface area contributed by atoms with Crippen molar-refractivity contribution in [1.29, 1.82) is 0 Å². The van der Waals surface area contributed by atoms with Crippen molar-refractivity contribution in [3.8, 4) is 0 Å². The minimum atomic E-state index is 0.373. The summed E-state index contributed by atoms with van der Waals surface area (Å²) in [5.74, 6) is 1.67. The Labute approximate surface area is 131 Å². The van der Waals surface area contributed by atoms with Gasteiger partial charge in [-0.25, -0.2) is 0 Å². The van der Waals surface area contributed by atoms with Crippen LogP contribution in [0.1, 0.15) is 53.4 Å². The van der Waals surface area contributed by atoms with Gasteiger partial charge in [-0.2, -0.15) is 0 Å². The molecule has 1 saturated carbocycles. The van der Waals surface area contributed by atoms with Gasteiger partial charge in [0, 0.05) is 36.8 Å². The highest BCUT2D eigenvalue weighted by Gasteiger charge is 2.48. The molecule has 0 aromatic heterocycles. The monoisotopic (exact) mass is 293 g/mol. The summed E-state index contributed by atoms with van der Waals surface area (Å²) < 4.78 is 0. The quantitative estimate of drug-likeness (QED) is 0.863. The molecule has 4 atom stereocenters. The first kappa shape index (κ1) is 15.8. The fraction of sp³-hybridized carbons (Fsp3) is 1.00. The number of likely N-dealkylation sites (tertiary alicyclic amines) is 1. The Kier molecular flexibility index (Phi) is 4.37. The lowest BCUT2D eigenvalue weighted by molar-refractivity contribution is -0.0114. The van der Waals surface area contributed by atoms with Crippen LogP contribution in [0.3, 0.4) is 0 Å². The van der Waals surface area contributed by atoms with E-state index in [1.54, 1.807) is 0 Å². The zero-order valence-electron chi connectivity index (χ0n) is 14.7. The molecule has 4 unspecified atom stereocenters. The molecule has 3 heteroatoms. The third-order valence-electron chi connectivity index (χ3n) is 6.55. The second-order valence-electron chi connectivity index (χ2n) is 8.56. The van der Waals surface area contributed by atoms with Gasteiger partial charge in [-0.05, 0) is 65.0 Å². The number of nitrogens with zero attached hydrogens (tertiary/aromatic N) is 2. The lowest BCUT2D eigenvalue weighted by Gasteiger charge is -2.53. The first-order chi connectivity index (χ1) is 9.90. The number of piperidine rings is 1. The zero-order chi connectivity index (χ0) is 15.2. The van der Waals surface area contributed by atoms with Gasteiger partial charge in [0.2, 0.25) is 0 Å². The molecular formula is C18H35N3. The fourth-order valence-corrected chi connectivity index (χ4v) is 4.59. The van der Waals surface area contributed by atoms with E-state index in [1.165, 1.54) is 45.3 Å². The maximum absolute atomic E-state index is 3.93. The average molecular weight is 293 g/mol. The molecule has 0 bridgehead atoms. The van der Waals surface area contributed by atoms with Gasteiger partial charge >= 0.3 is 0 Å². The van der Waals surface area contributed by atoms with Crippen molar-refractivity contribution in [3.05, 3.63) is 0 Å². The molecule has 21 heavy (non-hydrogen) atoms. The molecule has 0 amide bonds. The van der Waals surface area contributed by atoms with Crippen LogP contribution in [0.25, 0.3) is 0 Å². The number of hydrogen-bond acceptors (Lipinski definition) is 3. The van der Waals surface area contributed by atoms with Gasteiger partial charge in [-0.1, -0.05) is 13.8 Å². The molecule has 3 nitrogen and oxygen atoms in total. The molecule has 1 aliphatic carbocycles. The van der Waals surface area contributed by atoms with E-state index >= 15 is 0 Å². The van der Waals surface area contributed by atoms with Gasteiger partial charge in [-0.3, -0.25) is 4.90 Å². The van der Waals surface area contributed by atoms with E-state index in [2.05, 4.69) is 49.9 Å². The molecule has 3 rings (SSSR count). The van der Waals surface area contributed by atoms with Crippen molar-refractivity contribution in [1.82, 2.24) is 15.1 Å². The standard InChI is InChI=1S/C18H35N3/c1-13(2)17-11-19-18(4,15-6-7-15)12-21(17)16-8-9-20(5)14(3)10-16/h13-17,19H,6-12H2,1-5H3. The van der Waals surface area contributed by atoms with E-state index in [4.69, 9.17) is 0 Å². The average Bonchev–Trinajstić information content (AvgIpc) is 3.26. The smallest absolute Gasteiger partial charge is 0.0309 e. The molecule has 0 aromatic carbocycles. The summed E-state index contributed by atoms with van der Waals surface area (Å²) in [6, 6.07) is 2.25. The van der Waals surface area contributed by atoms with Crippen molar-refractivity contribution in [3.63, 3.8) is 0 Å². The number of hydrogen-bond donors (Lipinski definition) is 1. The first-order valence-electron chi connectivity index (χ1n) is 9.11. The summed E-state index contributed by atoms with van der Waals surface area (Å²) in [6.45, 7) is 13.4. The summed E-state index contributed by atoms with van der Waals surface area (Å²) in [7, 11) is 2.28. The van der Waals surface area contributed by atoms with Crippen LogP contribution in [0.2, 0.25) is 0 Å². The third-order valence-corrected chi connectivity index (χ3v) is 6.55. The van der Waals surface area contributed by atoms with Gasteiger partial charge in [0.25, 0.3) is 0 Å². The Bertz CT molecular complexity index is 365. The maximum atomic E-state index is 3.93. The summed E-state index contributed by atoms with van der Waals surface area (Å²) >= 11 is 0. The van der Waals surface area contributed by atoms with Crippen molar-refractivity contribution in [2.75, 3.05) is 26.7 Å². The third kappa shape index (κ3) is 3.16. The molecule has 0 spiro atoms. The summed E-state index contributed by atoms with van der Waals surface area (Å²) in [5.41, 5.74) is 0.373. The number of nitrogens with one attached hydrogen (secondary N) is 1. The molecule has 2 saturated heterocycles. The minimum absolute atomic E-state index is 0.373. The number of piperazine rings is 1. The summed E-state index contributed by atoms with van der Waals surface area (Å²) in [6.07, 6.45) is 5.58. The van der Waals surface area contributed by atoms with Crippen LogP contribution in [0.15, 0.2) is 0 Å². The van der Waals surface area contributed by atoms with Crippen molar-refractivity contribution in [2.45, 2.75) is 77.0 Å². The molecule has 2 aliphatic heterocycles. The highest BCUT2D eigenvalue weighted by Crippen LogP contribution is 2.42. The van der Waals surface area contributed by atoms with Crippen LogP contribution < -0.4 is 5.32 Å². The molecule has 1 N–H and O–H groups in total. The molecule has 0 aromatic rings. The Balaban J connectivity index is 1.74. The van der Waals surface area contributed by atoms with Crippen molar-refractivity contribution in [2.24, 2.45) is 11.8 Å². The van der Waals surface area contributed by atoms with E-state index in [1.807, 2.05) is 0 Å². The van der Waals surface area contributed by atoms with E-state index in [-0.39, 0.29) is 0 Å². The van der Waals surface area contributed by atoms with Crippen molar-refractivity contribution < 1.29 is 0 Å². The predicted molar refractivity (Wildman–Crippen MR) is 89.6 cm³/mol.